The Kier molecular flexibility index (Phi) is 5.41. The fourth-order valence-corrected chi connectivity index (χ4v) is 3.21. The van der Waals surface area contributed by atoms with Crippen molar-refractivity contribution in [3.63, 3.8) is 0 Å². The molecule has 0 fully saturated rings. The van der Waals surface area contributed by atoms with E-state index in [2.05, 4.69) is 0 Å². The van der Waals surface area contributed by atoms with Gasteiger partial charge in [-0.3, -0.25) is 19.2 Å². The highest BCUT2D eigenvalue weighted by molar-refractivity contribution is 6.46. The molecule has 0 atom stereocenters. The van der Waals surface area contributed by atoms with Gasteiger partial charge in [-0.15, -0.1) is 0 Å². The second-order valence-electron chi connectivity index (χ2n) is 6.39. The minimum atomic E-state index is -2.47. The van der Waals surface area contributed by atoms with Crippen molar-refractivity contribution in [2.24, 2.45) is 5.41 Å². The average Bonchev–Trinajstić information content (AvgIpc) is 2.75. The molecule has 0 aliphatic carbocycles. The van der Waals surface area contributed by atoms with Crippen molar-refractivity contribution in [2.45, 2.75) is 6.92 Å². The van der Waals surface area contributed by atoms with Gasteiger partial charge < -0.3 is 0 Å². The molecule has 0 saturated carbocycles. The van der Waals surface area contributed by atoms with Gasteiger partial charge in [0.05, 0.1) is 0 Å². The number of carbonyl (C=O) groups is 4. The second-order valence-corrected chi connectivity index (χ2v) is 6.39. The lowest BCUT2D eigenvalue weighted by Gasteiger charge is -2.27. The van der Waals surface area contributed by atoms with Crippen LogP contribution in [0, 0.1) is 5.41 Å². The SMILES string of the molecule is CC(=O)C(C(=O)c1ccccc1)(C(=O)c1ccccc1)C(=O)c1ccccc1. The van der Waals surface area contributed by atoms with Crippen LogP contribution in [0.3, 0.4) is 0 Å². The standard InChI is InChI=1S/C24H18O4/c1-17(25)24(21(26)18-11-5-2-6-12-18,22(27)19-13-7-3-8-14-19)23(28)20-15-9-4-10-16-20/h2-16H,1H3. The van der Waals surface area contributed by atoms with Crippen LogP contribution in [-0.2, 0) is 4.79 Å². The molecule has 0 radical (unpaired) electrons. The van der Waals surface area contributed by atoms with Crippen LogP contribution in [0.1, 0.15) is 38.0 Å². The normalized spacial score (nSPS) is 10.9. The predicted molar refractivity (Wildman–Crippen MR) is 105 cm³/mol. The van der Waals surface area contributed by atoms with E-state index < -0.39 is 28.5 Å². The van der Waals surface area contributed by atoms with Crippen LogP contribution >= 0.6 is 0 Å². The Morgan fingerprint density at radius 2 is 0.750 bits per heavy atom. The third-order valence-corrected chi connectivity index (χ3v) is 4.66. The molecule has 0 heterocycles. The molecule has 138 valence electrons. The largest absolute Gasteiger partial charge is 0.298 e. The first kappa shape index (κ1) is 19.1. The van der Waals surface area contributed by atoms with Crippen LogP contribution in [0.15, 0.2) is 91.0 Å². The Hall–Kier alpha value is -3.66. The molecule has 0 aliphatic heterocycles. The lowest BCUT2D eigenvalue weighted by atomic mass is 9.67. The van der Waals surface area contributed by atoms with Crippen molar-refractivity contribution in [1.82, 2.24) is 0 Å². The van der Waals surface area contributed by atoms with Gasteiger partial charge in [-0.05, 0) is 6.92 Å². The summed E-state index contributed by atoms with van der Waals surface area (Å²) in [5.74, 6) is -3.25. The van der Waals surface area contributed by atoms with Gasteiger partial charge in [-0.1, -0.05) is 91.0 Å². The molecule has 28 heavy (non-hydrogen) atoms. The predicted octanol–water partition coefficient (Wildman–Crippen LogP) is 4.21. The Morgan fingerprint density at radius 1 is 0.500 bits per heavy atom. The molecule has 0 aliphatic rings. The van der Waals surface area contributed by atoms with Crippen molar-refractivity contribution in [2.75, 3.05) is 0 Å². The van der Waals surface area contributed by atoms with E-state index >= 15 is 0 Å². The Balaban J connectivity index is 2.28. The van der Waals surface area contributed by atoms with E-state index in [1.807, 2.05) is 0 Å². The number of carbonyl (C=O) groups excluding carboxylic acids is 4. The number of benzene rings is 3. The van der Waals surface area contributed by atoms with Gasteiger partial charge in [-0.2, -0.15) is 0 Å². The van der Waals surface area contributed by atoms with Crippen molar-refractivity contribution >= 4 is 23.1 Å². The molecule has 4 nitrogen and oxygen atoms in total. The fraction of sp³-hybridized carbons (Fsp3) is 0.0833. The van der Waals surface area contributed by atoms with E-state index in [0.29, 0.717) is 0 Å². The summed E-state index contributed by atoms with van der Waals surface area (Å²) in [7, 11) is 0. The van der Waals surface area contributed by atoms with Crippen LogP contribution in [0.5, 0.6) is 0 Å². The lowest BCUT2D eigenvalue weighted by molar-refractivity contribution is -0.120. The van der Waals surface area contributed by atoms with E-state index in [4.69, 9.17) is 0 Å². The summed E-state index contributed by atoms with van der Waals surface area (Å²) in [5.41, 5.74) is -2.08. The van der Waals surface area contributed by atoms with Gasteiger partial charge in [0.15, 0.2) is 23.1 Å². The van der Waals surface area contributed by atoms with Gasteiger partial charge in [-0.25, -0.2) is 0 Å². The van der Waals surface area contributed by atoms with Crippen molar-refractivity contribution in [3.05, 3.63) is 108 Å². The number of hydrogen-bond donors (Lipinski definition) is 0. The first-order valence-electron chi connectivity index (χ1n) is 8.80. The maximum atomic E-state index is 13.5. The molecule has 3 aromatic carbocycles. The van der Waals surface area contributed by atoms with Crippen LogP contribution < -0.4 is 0 Å². The van der Waals surface area contributed by atoms with Gasteiger partial charge in [0, 0.05) is 16.7 Å². The smallest absolute Gasteiger partial charge is 0.216 e. The molecule has 0 bridgehead atoms. The second kappa shape index (κ2) is 7.92. The maximum absolute atomic E-state index is 13.5. The molecule has 0 aromatic heterocycles. The molecular formula is C24H18O4. The molecule has 3 aromatic rings. The van der Waals surface area contributed by atoms with Gasteiger partial charge in [0.2, 0.25) is 5.41 Å². The van der Waals surface area contributed by atoms with Crippen molar-refractivity contribution in [1.29, 1.82) is 0 Å². The summed E-state index contributed by atoms with van der Waals surface area (Å²) in [5, 5.41) is 0. The van der Waals surface area contributed by atoms with Crippen LogP contribution in [-0.4, -0.2) is 23.1 Å². The summed E-state index contributed by atoms with van der Waals surface area (Å²) < 4.78 is 0. The minimum Gasteiger partial charge on any atom is -0.298 e. The topological polar surface area (TPSA) is 68.3 Å². The Bertz CT molecular complexity index is 897. The van der Waals surface area contributed by atoms with Gasteiger partial charge in [0.25, 0.3) is 0 Å². The van der Waals surface area contributed by atoms with Crippen molar-refractivity contribution in [3.8, 4) is 0 Å². The fourth-order valence-electron chi connectivity index (χ4n) is 3.21. The lowest BCUT2D eigenvalue weighted by Crippen LogP contribution is -2.52. The molecule has 0 spiro atoms. The Labute approximate surface area is 162 Å². The molecule has 0 unspecified atom stereocenters. The highest BCUT2D eigenvalue weighted by atomic mass is 16.2. The highest BCUT2D eigenvalue weighted by Gasteiger charge is 2.56. The molecule has 3 rings (SSSR count). The summed E-state index contributed by atoms with van der Waals surface area (Å²) in [6.07, 6.45) is 0. The van der Waals surface area contributed by atoms with E-state index in [9.17, 15) is 19.2 Å². The van der Waals surface area contributed by atoms with Gasteiger partial charge in [0.1, 0.15) is 0 Å². The van der Waals surface area contributed by atoms with E-state index in [-0.39, 0.29) is 16.7 Å². The van der Waals surface area contributed by atoms with Crippen LogP contribution in [0.2, 0.25) is 0 Å². The third-order valence-electron chi connectivity index (χ3n) is 4.66. The number of hydrogen-bond acceptors (Lipinski definition) is 4. The first-order chi connectivity index (χ1) is 13.5. The van der Waals surface area contributed by atoms with E-state index in [1.165, 1.54) is 36.4 Å². The van der Waals surface area contributed by atoms with E-state index in [1.54, 1.807) is 54.6 Å². The molecule has 4 heteroatoms. The third kappa shape index (κ3) is 3.21. The molecular weight excluding hydrogens is 352 g/mol. The summed E-state index contributed by atoms with van der Waals surface area (Å²) in [6.45, 7) is 1.11. The summed E-state index contributed by atoms with van der Waals surface area (Å²) in [6, 6.07) is 23.9. The average molecular weight is 370 g/mol. The zero-order valence-corrected chi connectivity index (χ0v) is 15.3. The first-order valence-corrected chi connectivity index (χ1v) is 8.80. The molecule has 0 saturated heterocycles. The summed E-state index contributed by atoms with van der Waals surface area (Å²) >= 11 is 0. The number of ketones is 4. The molecule has 0 N–H and O–H groups in total. The summed E-state index contributed by atoms with van der Waals surface area (Å²) in [4.78, 5) is 53.3. The van der Waals surface area contributed by atoms with Crippen LogP contribution in [0.4, 0.5) is 0 Å². The highest BCUT2D eigenvalue weighted by Crippen LogP contribution is 2.33. The molecule has 0 amide bonds. The quantitative estimate of drug-likeness (QED) is 0.461. The number of Topliss-reactive ketones (excluding diaryl/α,β-unsaturated/α-hetero) is 4. The zero-order valence-electron chi connectivity index (χ0n) is 15.3. The zero-order chi connectivity index (χ0) is 20.1. The van der Waals surface area contributed by atoms with Crippen LogP contribution in [0.25, 0.3) is 0 Å². The Morgan fingerprint density at radius 3 is 0.964 bits per heavy atom. The van der Waals surface area contributed by atoms with Crippen molar-refractivity contribution < 1.29 is 19.2 Å². The van der Waals surface area contributed by atoms with Gasteiger partial charge >= 0.3 is 0 Å². The minimum absolute atomic E-state index is 0.131. The monoisotopic (exact) mass is 370 g/mol. The number of rotatable bonds is 7. The van der Waals surface area contributed by atoms with E-state index in [0.717, 1.165) is 6.92 Å². The maximum Gasteiger partial charge on any atom is 0.216 e.